The van der Waals surface area contributed by atoms with Crippen molar-refractivity contribution >= 4 is 17.5 Å². The van der Waals surface area contributed by atoms with Crippen LogP contribution in [-0.2, 0) is 10.9 Å². The van der Waals surface area contributed by atoms with Crippen LogP contribution in [0, 0.1) is 0 Å². The number of rotatable bonds is 3. The highest BCUT2D eigenvalue weighted by molar-refractivity contribution is 6.04. The minimum absolute atomic E-state index is 0.0810. The van der Waals surface area contributed by atoms with E-state index in [4.69, 9.17) is 4.74 Å². The number of nitrogens with one attached hydrogen (secondary N) is 1. The molecule has 0 saturated carbocycles. The van der Waals surface area contributed by atoms with E-state index in [0.29, 0.717) is 26.2 Å². The fourth-order valence-electron chi connectivity index (χ4n) is 2.74. The molecule has 1 fully saturated rings. The Morgan fingerprint density at radius 1 is 1.04 bits per heavy atom. The smallest absolute Gasteiger partial charge is 0.380 e. The predicted octanol–water partition coefficient (Wildman–Crippen LogP) is 2.61. The molecular formula is C18H17F3N4O3. The number of carbonyl (C=O) groups excluding carboxylic acids is 2. The number of aromatic nitrogens is 2. The number of halogens is 3. The first-order valence-electron chi connectivity index (χ1n) is 8.50. The van der Waals surface area contributed by atoms with E-state index in [-0.39, 0.29) is 23.4 Å². The highest BCUT2D eigenvalue weighted by Gasteiger charge is 2.32. The van der Waals surface area contributed by atoms with E-state index in [2.05, 4.69) is 15.3 Å². The van der Waals surface area contributed by atoms with Crippen molar-refractivity contribution in [3.63, 3.8) is 0 Å². The van der Waals surface area contributed by atoms with Crippen molar-refractivity contribution in [3.05, 3.63) is 53.6 Å². The van der Waals surface area contributed by atoms with Crippen molar-refractivity contribution in [2.24, 2.45) is 0 Å². The van der Waals surface area contributed by atoms with Crippen LogP contribution in [0.25, 0.3) is 0 Å². The Morgan fingerprint density at radius 3 is 2.50 bits per heavy atom. The molecule has 2 heterocycles. The molecular weight excluding hydrogens is 377 g/mol. The molecule has 1 aromatic heterocycles. The first-order chi connectivity index (χ1) is 13.3. The quantitative estimate of drug-likeness (QED) is 0.865. The molecule has 0 radical (unpaired) electrons. The Kier molecular flexibility index (Phi) is 5.88. The summed E-state index contributed by atoms with van der Waals surface area (Å²) in [6.45, 7) is 1.49. The van der Waals surface area contributed by atoms with Crippen molar-refractivity contribution in [1.29, 1.82) is 0 Å². The van der Waals surface area contributed by atoms with Crippen molar-refractivity contribution < 1.29 is 27.5 Å². The van der Waals surface area contributed by atoms with Gasteiger partial charge < -0.3 is 15.0 Å². The van der Waals surface area contributed by atoms with Gasteiger partial charge in [0.25, 0.3) is 11.8 Å². The fraction of sp³-hybridized carbons (Fsp3) is 0.333. The Morgan fingerprint density at radius 2 is 1.79 bits per heavy atom. The van der Waals surface area contributed by atoms with E-state index < -0.39 is 23.6 Å². The molecule has 0 aliphatic carbocycles. The summed E-state index contributed by atoms with van der Waals surface area (Å²) in [7, 11) is 0. The molecule has 10 heteroatoms. The lowest BCUT2D eigenvalue weighted by Gasteiger charge is -2.21. The van der Waals surface area contributed by atoms with Crippen molar-refractivity contribution in [2.45, 2.75) is 12.6 Å². The average molecular weight is 394 g/mol. The van der Waals surface area contributed by atoms with Crippen LogP contribution in [0.15, 0.2) is 36.9 Å². The van der Waals surface area contributed by atoms with Crippen molar-refractivity contribution in [3.8, 4) is 0 Å². The second kappa shape index (κ2) is 8.34. The van der Waals surface area contributed by atoms with Crippen LogP contribution in [0.3, 0.4) is 0 Å². The lowest BCUT2D eigenvalue weighted by Crippen LogP contribution is -2.33. The number of amides is 2. The van der Waals surface area contributed by atoms with Gasteiger partial charge in [-0.2, -0.15) is 13.2 Å². The van der Waals surface area contributed by atoms with Gasteiger partial charge in [-0.15, -0.1) is 0 Å². The third kappa shape index (κ3) is 4.83. The molecule has 2 aromatic rings. The van der Waals surface area contributed by atoms with E-state index in [1.807, 2.05) is 0 Å². The summed E-state index contributed by atoms with van der Waals surface area (Å²) in [4.78, 5) is 33.8. The summed E-state index contributed by atoms with van der Waals surface area (Å²) in [6.07, 6.45) is -0.378. The van der Waals surface area contributed by atoms with Crippen LogP contribution in [-0.4, -0.2) is 53.0 Å². The minimum Gasteiger partial charge on any atom is -0.380 e. The molecule has 28 heavy (non-hydrogen) atoms. The van der Waals surface area contributed by atoms with Gasteiger partial charge in [-0.3, -0.25) is 9.59 Å². The molecule has 1 aliphatic heterocycles. The van der Waals surface area contributed by atoms with Crippen molar-refractivity contribution in [2.75, 3.05) is 31.6 Å². The number of carbonyl (C=O) groups is 2. The van der Waals surface area contributed by atoms with Crippen molar-refractivity contribution in [1.82, 2.24) is 14.9 Å². The van der Waals surface area contributed by atoms with Gasteiger partial charge in [0.1, 0.15) is 6.33 Å². The van der Waals surface area contributed by atoms with Crippen LogP contribution in [0.5, 0.6) is 0 Å². The topological polar surface area (TPSA) is 84.4 Å². The number of alkyl halides is 3. The first kappa shape index (κ1) is 19.7. The molecule has 148 valence electrons. The third-order valence-corrected chi connectivity index (χ3v) is 4.10. The van der Waals surface area contributed by atoms with Crippen LogP contribution in [0.1, 0.15) is 32.7 Å². The molecule has 0 unspecified atom stereocenters. The molecule has 3 rings (SSSR count). The fourth-order valence-corrected chi connectivity index (χ4v) is 2.74. The van der Waals surface area contributed by atoms with E-state index in [0.717, 1.165) is 12.1 Å². The van der Waals surface area contributed by atoms with E-state index in [1.165, 1.54) is 29.7 Å². The highest BCUT2D eigenvalue weighted by atomic mass is 19.4. The SMILES string of the molecule is O=C(Nc1cc(C(=O)N2CCCOCC2)cc(C(F)(F)F)c1)c1cncnc1. The largest absolute Gasteiger partial charge is 0.416 e. The van der Waals surface area contributed by atoms with Gasteiger partial charge in [0, 0.05) is 43.3 Å². The maximum atomic E-state index is 13.3. The molecule has 0 spiro atoms. The summed E-state index contributed by atoms with van der Waals surface area (Å²) in [6, 6.07) is 2.80. The van der Waals surface area contributed by atoms with Crippen LogP contribution in [0.2, 0.25) is 0 Å². The van der Waals surface area contributed by atoms with E-state index >= 15 is 0 Å². The highest BCUT2D eigenvalue weighted by Crippen LogP contribution is 2.32. The molecule has 0 bridgehead atoms. The van der Waals surface area contributed by atoms with Gasteiger partial charge in [-0.05, 0) is 24.6 Å². The zero-order valence-corrected chi connectivity index (χ0v) is 14.7. The zero-order valence-electron chi connectivity index (χ0n) is 14.7. The summed E-state index contributed by atoms with van der Waals surface area (Å²) < 4.78 is 45.2. The van der Waals surface area contributed by atoms with Gasteiger partial charge >= 0.3 is 6.18 Å². The lowest BCUT2D eigenvalue weighted by molar-refractivity contribution is -0.137. The number of hydrogen-bond acceptors (Lipinski definition) is 5. The second-order valence-electron chi connectivity index (χ2n) is 6.14. The molecule has 1 N–H and O–H groups in total. The Labute approximate surface area is 158 Å². The number of anilines is 1. The monoisotopic (exact) mass is 394 g/mol. The van der Waals surface area contributed by atoms with Crippen LogP contribution in [0.4, 0.5) is 18.9 Å². The third-order valence-electron chi connectivity index (χ3n) is 4.10. The molecule has 1 aromatic carbocycles. The standard InChI is InChI=1S/C18H17F3N4O3/c19-18(20,21)14-6-12(17(27)25-2-1-4-28-5-3-25)7-15(8-14)24-16(26)13-9-22-11-23-10-13/h6-11H,1-5H2,(H,24,26). The molecule has 7 nitrogen and oxygen atoms in total. The Balaban J connectivity index is 1.90. The summed E-state index contributed by atoms with van der Waals surface area (Å²) in [5.41, 5.74) is -1.24. The maximum absolute atomic E-state index is 13.3. The normalized spacial score (nSPS) is 15.0. The number of hydrogen-bond donors (Lipinski definition) is 1. The second-order valence-corrected chi connectivity index (χ2v) is 6.14. The average Bonchev–Trinajstić information content (AvgIpc) is 2.96. The molecule has 2 amide bonds. The van der Waals surface area contributed by atoms with Gasteiger partial charge in [0.05, 0.1) is 17.7 Å². The van der Waals surface area contributed by atoms with Gasteiger partial charge in [0.15, 0.2) is 0 Å². The number of ether oxygens (including phenoxy) is 1. The number of nitrogens with zero attached hydrogens (tertiary/aromatic N) is 3. The van der Waals surface area contributed by atoms with Gasteiger partial charge in [-0.25, -0.2) is 9.97 Å². The van der Waals surface area contributed by atoms with Crippen LogP contribution < -0.4 is 5.32 Å². The summed E-state index contributed by atoms with van der Waals surface area (Å²) >= 11 is 0. The van der Waals surface area contributed by atoms with Gasteiger partial charge in [-0.1, -0.05) is 0 Å². The summed E-state index contributed by atoms with van der Waals surface area (Å²) in [5, 5.41) is 2.37. The number of benzene rings is 1. The van der Waals surface area contributed by atoms with E-state index in [1.54, 1.807) is 0 Å². The molecule has 0 atom stereocenters. The molecule has 1 aliphatic rings. The minimum atomic E-state index is -4.67. The van der Waals surface area contributed by atoms with Crippen LogP contribution >= 0.6 is 0 Å². The first-order valence-corrected chi connectivity index (χ1v) is 8.50. The lowest BCUT2D eigenvalue weighted by atomic mass is 10.1. The Bertz CT molecular complexity index is 851. The predicted molar refractivity (Wildman–Crippen MR) is 92.8 cm³/mol. The molecule has 1 saturated heterocycles. The van der Waals surface area contributed by atoms with Gasteiger partial charge in [0.2, 0.25) is 0 Å². The Hall–Kier alpha value is -3.01. The zero-order chi connectivity index (χ0) is 20.1. The van der Waals surface area contributed by atoms with E-state index in [9.17, 15) is 22.8 Å². The maximum Gasteiger partial charge on any atom is 0.416 e. The summed E-state index contributed by atoms with van der Waals surface area (Å²) in [5.74, 6) is -1.23.